The minimum absolute atomic E-state index is 0.175. The van der Waals surface area contributed by atoms with Gasteiger partial charge in [-0.25, -0.2) is 4.79 Å². The molecule has 0 saturated carbocycles. The third-order valence-corrected chi connectivity index (χ3v) is 1.86. The first-order chi connectivity index (χ1) is 7.60. The average Bonchev–Trinajstić information content (AvgIpc) is 2.23. The summed E-state index contributed by atoms with van der Waals surface area (Å²) in [7, 11) is 0. The molecule has 0 aromatic heterocycles. The Morgan fingerprint density at radius 3 is 2.31 bits per heavy atom. The third-order valence-electron chi connectivity index (χ3n) is 1.86. The van der Waals surface area contributed by atoms with E-state index >= 15 is 0 Å². The zero-order valence-electron chi connectivity index (χ0n) is 9.28. The second-order valence-electron chi connectivity index (χ2n) is 3.33. The molecule has 0 aliphatic carbocycles. The van der Waals surface area contributed by atoms with E-state index in [1.165, 1.54) is 0 Å². The Bertz CT molecular complexity index is 254. The van der Waals surface area contributed by atoms with Gasteiger partial charge < -0.3 is 15.8 Å². The maximum absolute atomic E-state index is 11.1. The minimum atomic E-state index is -0.642. The first-order valence-corrected chi connectivity index (χ1v) is 5.00. The third kappa shape index (κ3) is 7.61. The normalized spacial score (nSPS) is 9.56. The van der Waals surface area contributed by atoms with Crippen molar-refractivity contribution in [1.82, 2.24) is 5.32 Å². The summed E-state index contributed by atoms with van der Waals surface area (Å²) in [6, 6.07) is 0. The van der Waals surface area contributed by atoms with Crippen LogP contribution in [-0.4, -0.2) is 25.2 Å². The van der Waals surface area contributed by atoms with Crippen LogP contribution in [0.1, 0.15) is 12.8 Å². The van der Waals surface area contributed by atoms with Gasteiger partial charge in [-0.1, -0.05) is 12.2 Å². The number of carbonyl (C=O) groups excluding carboxylic acids is 2. The number of rotatable bonds is 8. The number of primary amides is 1. The predicted molar refractivity (Wildman–Crippen MR) is 61.7 cm³/mol. The van der Waals surface area contributed by atoms with Gasteiger partial charge in [0.25, 0.3) is 0 Å². The Balaban J connectivity index is 3.80. The van der Waals surface area contributed by atoms with Crippen LogP contribution in [0.4, 0.5) is 4.79 Å². The van der Waals surface area contributed by atoms with Crippen LogP contribution in [0.25, 0.3) is 0 Å². The topological polar surface area (TPSA) is 81.4 Å². The first kappa shape index (κ1) is 14.2. The van der Waals surface area contributed by atoms with Crippen molar-refractivity contribution in [3.8, 4) is 0 Å². The molecule has 0 heterocycles. The van der Waals surface area contributed by atoms with Crippen molar-refractivity contribution in [3.63, 3.8) is 0 Å². The van der Waals surface area contributed by atoms with Crippen molar-refractivity contribution in [2.24, 2.45) is 11.7 Å². The smallest absolute Gasteiger partial charge is 0.407 e. The van der Waals surface area contributed by atoms with Crippen LogP contribution in [0.5, 0.6) is 0 Å². The number of amides is 2. The molecule has 0 aliphatic heterocycles. The van der Waals surface area contributed by atoms with Crippen LogP contribution >= 0.6 is 0 Å². The van der Waals surface area contributed by atoms with Crippen LogP contribution in [0, 0.1) is 5.92 Å². The standard InChI is InChI=1S/C11H18N2O3/c1-3-5-9(6-4-2)8-16-11(15)13-7-10(12)14/h3-4,9H,1-2,5-8H2,(H2,12,14)(H,13,15). The molecule has 0 aromatic carbocycles. The van der Waals surface area contributed by atoms with Crippen molar-refractivity contribution in [2.75, 3.05) is 13.2 Å². The highest BCUT2D eigenvalue weighted by atomic mass is 16.5. The summed E-state index contributed by atoms with van der Waals surface area (Å²) in [6.07, 6.45) is 4.37. The van der Waals surface area contributed by atoms with Crippen LogP contribution < -0.4 is 11.1 Å². The van der Waals surface area contributed by atoms with Crippen molar-refractivity contribution in [3.05, 3.63) is 25.3 Å². The molecule has 5 heteroatoms. The van der Waals surface area contributed by atoms with Gasteiger partial charge in [-0.2, -0.15) is 0 Å². The van der Waals surface area contributed by atoms with Gasteiger partial charge in [-0.3, -0.25) is 4.79 Å². The predicted octanol–water partition coefficient (Wildman–Crippen LogP) is 0.966. The lowest BCUT2D eigenvalue weighted by atomic mass is 10.0. The maximum Gasteiger partial charge on any atom is 0.407 e. The summed E-state index contributed by atoms with van der Waals surface area (Å²) in [5.41, 5.74) is 4.86. The van der Waals surface area contributed by atoms with E-state index in [0.29, 0.717) is 0 Å². The summed E-state index contributed by atoms with van der Waals surface area (Å²) in [5, 5.41) is 2.23. The molecule has 0 radical (unpaired) electrons. The number of hydrogen-bond acceptors (Lipinski definition) is 3. The molecule has 2 amide bonds. The summed E-state index contributed by atoms with van der Waals surface area (Å²) >= 11 is 0. The molecule has 0 unspecified atom stereocenters. The highest BCUT2D eigenvalue weighted by Gasteiger charge is 2.09. The molecule has 0 atom stereocenters. The van der Waals surface area contributed by atoms with Crippen molar-refractivity contribution >= 4 is 12.0 Å². The van der Waals surface area contributed by atoms with Crippen molar-refractivity contribution in [2.45, 2.75) is 12.8 Å². The monoisotopic (exact) mass is 226 g/mol. The number of carbonyl (C=O) groups is 2. The Morgan fingerprint density at radius 1 is 1.31 bits per heavy atom. The van der Waals surface area contributed by atoms with Gasteiger partial charge >= 0.3 is 6.09 Å². The van der Waals surface area contributed by atoms with Crippen molar-refractivity contribution < 1.29 is 14.3 Å². The fraction of sp³-hybridized carbons (Fsp3) is 0.455. The van der Waals surface area contributed by atoms with Crippen LogP contribution in [0.3, 0.4) is 0 Å². The lowest BCUT2D eigenvalue weighted by molar-refractivity contribution is -0.117. The average molecular weight is 226 g/mol. The largest absolute Gasteiger partial charge is 0.449 e. The first-order valence-electron chi connectivity index (χ1n) is 5.00. The molecular formula is C11H18N2O3. The van der Waals surface area contributed by atoms with Gasteiger partial charge in [-0.05, 0) is 12.8 Å². The van der Waals surface area contributed by atoms with Crippen LogP contribution in [0.2, 0.25) is 0 Å². The van der Waals surface area contributed by atoms with Gasteiger partial charge in [0.15, 0.2) is 0 Å². The zero-order valence-corrected chi connectivity index (χ0v) is 9.28. The molecule has 0 aliphatic rings. The molecule has 3 N–H and O–H groups in total. The number of nitrogens with two attached hydrogens (primary N) is 1. The molecule has 0 rings (SSSR count). The Kier molecular flexibility index (Phi) is 7.57. The Hall–Kier alpha value is -1.78. The molecule has 5 nitrogen and oxygen atoms in total. The summed E-state index contributed by atoms with van der Waals surface area (Å²) in [6.45, 7) is 7.29. The number of alkyl carbamates (subject to hydrolysis) is 1. The fourth-order valence-electron chi connectivity index (χ4n) is 1.11. The maximum atomic E-state index is 11.1. The van der Waals surface area contributed by atoms with E-state index in [1.807, 2.05) is 0 Å². The molecule has 0 aromatic rings. The molecule has 0 bridgehead atoms. The zero-order chi connectivity index (χ0) is 12.4. The molecule has 0 saturated heterocycles. The number of nitrogens with one attached hydrogen (secondary N) is 1. The molecule has 90 valence electrons. The summed E-state index contributed by atoms with van der Waals surface area (Å²) in [4.78, 5) is 21.4. The number of hydrogen-bond donors (Lipinski definition) is 2. The van der Waals surface area contributed by atoms with E-state index in [-0.39, 0.29) is 19.1 Å². The molecule has 0 fully saturated rings. The SMILES string of the molecule is C=CCC(CC=C)COC(=O)NCC(N)=O. The van der Waals surface area contributed by atoms with E-state index in [2.05, 4.69) is 18.5 Å². The highest BCUT2D eigenvalue weighted by molar-refractivity contribution is 5.80. The van der Waals surface area contributed by atoms with E-state index < -0.39 is 12.0 Å². The quantitative estimate of drug-likeness (QED) is 0.605. The van der Waals surface area contributed by atoms with Gasteiger partial charge in [0.1, 0.15) is 0 Å². The molecule has 0 spiro atoms. The summed E-state index contributed by atoms with van der Waals surface area (Å²) < 4.78 is 4.91. The minimum Gasteiger partial charge on any atom is -0.449 e. The van der Waals surface area contributed by atoms with Gasteiger partial charge in [-0.15, -0.1) is 13.2 Å². The Labute approximate surface area is 95.3 Å². The van der Waals surface area contributed by atoms with E-state index in [9.17, 15) is 9.59 Å². The summed E-state index contributed by atoms with van der Waals surface area (Å²) in [5.74, 6) is -0.431. The number of ether oxygens (including phenoxy) is 1. The van der Waals surface area contributed by atoms with Crippen LogP contribution in [0.15, 0.2) is 25.3 Å². The van der Waals surface area contributed by atoms with Crippen molar-refractivity contribution in [1.29, 1.82) is 0 Å². The van der Waals surface area contributed by atoms with E-state index in [0.717, 1.165) is 12.8 Å². The lowest BCUT2D eigenvalue weighted by Gasteiger charge is -2.13. The fourth-order valence-corrected chi connectivity index (χ4v) is 1.11. The van der Waals surface area contributed by atoms with E-state index in [1.54, 1.807) is 12.2 Å². The molecule has 16 heavy (non-hydrogen) atoms. The highest BCUT2D eigenvalue weighted by Crippen LogP contribution is 2.10. The second-order valence-corrected chi connectivity index (χ2v) is 3.33. The number of allylic oxidation sites excluding steroid dienone is 2. The van der Waals surface area contributed by atoms with Gasteiger partial charge in [0.2, 0.25) is 5.91 Å². The van der Waals surface area contributed by atoms with Gasteiger partial charge in [0.05, 0.1) is 13.2 Å². The van der Waals surface area contributed by atoms with Crippen LogP contribution in [-0.2, 0) is 9.53 Å². The van der Waals surface area contributed by atoms with Gasteiger partial charge in [0, 0.05) is 5.92 Å². The Morgan fingerprint density at radius 2 is 1.88 bits per heavy atom. The lowest BCUT2D eigenvalue weighted by Crippen LogP contribution is -2.34. The van der Waals surface area contributed by atoms with E-state index in [4.69, 9.17) is 10.5 Å². The molecular weight excluding hydrogens is 208 g/mol. The second kappa shape index (κ2) is 8.52.